The zero-order chi connectivity index (χ0) is 12.0. The van der Waals surface area contributed by atoms with Crippen LogP contribution in [-0.4, -0.2) is 18.5 Å². The molecule has 0 aliphatic rings. The van der Waals surface area contributed by atoms with E-state index in [1.807, 2.05) is 38.1 Å². The highest BCUT2D eigenvalue weighted by atomic mass is 16.1. The highest BCUT2D eigenvalue weighted by Gasteiger charge is 1.97. The molecule has 1 rings (SSSR count). The van der Waals surface area contributed by atoms with Crippen LogP contribution in [0.3, 0.4) is 0 Å². The molecule has 0 heterocycles. The van der Waals surface area contributed by atoms with Crippen molar-refractivity contribution in [2.75, 3.05) is 6.54 Å². The number of nitrogens with one attached hydrogen (secondary N) is 1. The Balaban J connectivity index is 2.47. The smallest absolute Gasteiger partial charge is 0.244 e. The van der Waals surface area contributed by atoms with Crippen LogP contribution in [0.1, 0.15) is 18.1 Å². The second-order valence-electron chi connectivity index (χ2n) is 3.97. The lowest BCUT2D eigenvalue weighted by Crippen LogP contribution is -2.34. The van der Waals surface area contributed by atoms with Crippen molar-refractivity contribution < 1.29 is 4.79 Å². The zero-order valence-corrected chi connectivity index (χ0v) is 9.73. The summed E-state index contributed by atoms with van der Waals surface area (Å²) < 4.78 is 0. The molecule has 0 aromatic heterocycles. The van der Waals surface area contributed by atoms with Crippen molar-refractivity contribution in [3.8, 4) is 0 Å². The van der Waals surface area contributed by atoms with E-state index in [2.05, 4.69) is 5.32 Å². The van der Waals surface area contributed by atoms with E-state index in [-0.39, 0.29) is 11.9 Å². The monoisotopic (exact) mass is 218 g/mol. The number of carbonyl (C=O) groups is 1. The minimum atomic E-state index is -0.113. The molecular weight excluding hydrogens is 200 g/mol. The fraction of sp³-hybridized carbons (Fsp3) is 0.308. The Kier molecular flexibility index (Phi) is 4.73. The molecule has 3 N–H and O–H groups in total. The van der Waals surface area contributed by atoms with E-state index in [9.17, 15) is 4.79 Å². The lowest BCUT2D eigenvalue weighted by molar-refractivity contribution is -0.116. The second-order valence-corrected chi connectivity index (χ2v) is 3.97. The molecule has 3 heteroatoms. The van der Waals surface area contributed by atoms with Crippen LogP contribution in [-0.2, 0) is 4.79 Å². The summed E-state index contributed by atoms with van der Waals surface area (Å²) in [5.41, 5.74) is 7.75. The highest BCUT2D eigenvalue weighted by molar-refractivity contribution is 5.91. The predicted molar refractivity (Wildman–Crippen MR) is 66.9 cm³/mol. The number of carbonyl (C=O) groups excluding carboxylic acids is 1. The standard InChI is InChI=1S/C13H18N2O/c1-10-3-5-12(6-4-10)7-8-13(16)15-9-11(2)14/h3-8,11H,9,14H2,1-2H3,(H,15,16)/b8-7+. The molecule has 0 saturated heterocycles. The van der Waals surface area contributed by atoms with Gasteiger partial charge in [-0.15, -0.1) is 0 Å². The van der Waals surface area contributed by atoms with Gasteiger partial charge < -0.3 is 11.1 Å². The van der Waals surface area contributed by atoms with Crippen molar-refractivity contribution >= 4 is 12.0 Å². The van der Waals surface area contributed by atoms with Gasteiger partial charge in [0.25, 0.3) is 0 Å². The number of hydrogen-bond acceptors (Lipinski definition) is 2. The molecule has 1 aromatic carbocycles. The first kappa shape index (κ1) is 12.5. The molecule has 0 aliphatic carbocycles. The third-order valence-electron chi connectivity index (χ3n) is 2.10. The van der Waals surface area contributed by atoms with E-state index in [0.717, 1.165) is 5.56 Å². The molecule has 0 saturated carbocycles. The van der Waals surface area contributed by atoms with Gasteiger partial charge in [-0.1, -0.05) is 29.8 Å². The third kappa shape index (κ3) is 4.75. The summed E-state index contributed by atoms with van der Waals surface area (Å²) in [6.45, 7) is 4.38. The van der Waals surface area contributed by atoms with Crippen LogP contribution in [0.25, 0.3) is 6.08 Å². The average Bonchev–Trinajstić information content (AvgIpc) is 2.25. The van der Waals surface area contributed by atoms with Gasteiger partial charge in [0.05, 0.1) is 0 Å². The molecule has 0 aliphatic heterocycles. The van der Waals surface area contributed by atoms with Crippen molar-refractivity contribution in [2.45, 2.75) is 19.9 Å². The maximum absolute atomic E-state index is 11.3. The van der Waals surface area contributed by atoms with Gasteiger partial charge in [0.2, 0.25) is 5.91 Å². The molecule has 16 heavy (non-hydrogen) atoms. The lowest BCUT2D eigenvalue weighted by Gasteiger charge is -2.04. The van der Waals surface area contributed by atoms with Crippen molar-refractivity contribution in [1.82, 2.24) is 5.32 Å². The lowest BCUT2D eigenvalue weighted by atomic mass is 10.1. The molecular formula is C13H18N2O. The summed E-state index contributed by atoms with van der Waals surface area (Å²) in [7, 11) is 0. The molecule has 0 fully saturated rings. The Bertz CT molecular complexity index is 366. The average molecular weight is 218 g/mol. The molecule has 0 radical (unpaired) electrons. The Labute approximate surface area is 96.3 Å². The van der Waals surface area contributed by atoms with E-state index in [0.29, 0.717) is 6.54 Å². The summed E-state index contributed by atoms with van der Waals surface area (Å²) in [6, 6.07) is 7.96. The number of nitrogens with two attached hydrogens (primary N) is 1. The topological polar surface area (TPSA) is 55.1 Å². The van der Waals surface area contributed by atoms with E-state index in [1.165, 1.54) is 11.6 Å². The van der Waals surface area contributed by atoms with Gasteiger partial charge in [0.15, 0.2) is 0 Å². The van der Waals surface area contributed by atoms with Gasteiger partial charge in [0.1, 0.15) is 0 Å². The predicted octanol–water partition coefficient (Wildman–Crippen LogP) is 1.47. The molecule has 1 amide bonds. The van der Waals surface area contributed by atoms with Crippen LogP contribution in [0.4, 0.5) is 0 Å². The van der Waals surface area contributed by atoms with Gasteiger partial charge in [0, 0.05) is 18.7 Å². The molecule has 3 nitrogen and oxygen atoms in total. The summed E-state index contributed by atoms with van der Waals surface area (Å²) in [5.74, 6) is -0.113. The number of hydrogen-bond donors (Lipinski definition) is 2. The van der Waals surface area contributed by atoms with Crippen molar-refractivity contribution in [1.29, 1.82) is 0 Å². The second kappa shape index (κ2) is 6.08. The van der Waals surface area contributed by atoms with Crippen LogP contribution >= 0.6 is 0 Å². The Morgan fingerprint density at radius 2 is 2.06 bits per heavy atom. The van der Waals surface area contributed by atoms with Crippen molar-refractivity contribution in [3.63, 3.8) is 0 Å². The SMILES string of the molecule is Cc1ccc(/C=C/C(=O)NCC(C)N)cc1. The van der Waals surface area contributed by atoms with Crippen LogP contribution in [0.2, 0.25) is 0 Å². The van der Waals surface area contributed by atoms with E-state index >= 15 is 0 Å². The van der Waals surface area contributed by atoms with E-state index in [1.54, 1.807) is 6.08 Å². The highest BCUT2D eigenvalue weighted by Crippen LogP contribution is 2.04. The van der Waals surface area contributed by atoms with Crippen LogP contribution in [0.15, 0.2) is 30.3 Å². The molecule has 1 unspecified atom stereocenters. The van der Waals surface area contributed by atoms with Gasteiger partial charge in [-0.25, -0.2) is 0 Å². The van der Waals surface area contributed by atoms with Gasteiger partial charge >= 0.3 is 0 Å². The van der Waals surface area contributed by atoms with E-state index < -0.39 is 0 Å². The summed E-state index contributed by atoms with van der Waals surface area (Å²) in [6.07, 6.45) is 3.31. The summed E-state index contributed by atoms with van der Waals surface area (Å²) in [5, 5.41) is 2.71. The first-order valence-corrected chi connectivity index (χ1v) is 5.36. The summed E-state index contributed by atoms with van der Waals surface area (Å²) >= 11 is 0. The van der Waals surface area contributed by atoms with Crippen molar-refractivity contribution in [3.05, 3.63) is 41.5 Å². The summed E-state index contributed by atoms with van der Waals surface area (Å²) in [4.78, 5) is 11.3. The molecule has 86 valence electrons. The quantitative estimate of drug-likeness (QED) is 0.752. The number of aryl methyl sites for hydroxylation is 1. The van der Waals surface area contributed by atoms with E-state index in [4.69, 9.17) is 5.73 Å². The van der Waals surface area contributed by atoms with Crippen LogP contribution < -0.4 is 11.1 Å². The largest absolute Gasteiger partial charge is 0.351 e. The Hall–Kier alpha value is -1.61. The van der Waals surface area contributed by atoms with Crippen molar-refractivity contribution in [2.24, 2.45) is 5.73 Å². The number of amides is 1. The minimum absolute atomic E-state index is 0.0169. The first-order chi connectivity index (χ1) is 7.58. The molecule has 0 bridgehead atoms. The van der Waals surface area contributed by atoms with Crippen LogP contribution in [0, 0.1) is 6.92 Å². The zero-order valence-electron chi connectivity index (χ0n) is 9.73. The van der Waals surface area contributed by atoms with Crippen LogP contribution in [0.5, 0.6) is 0 Å². The fourth-order valence-corrected chi connectivity index (χ4v) is 1.17. The Morgan fingerprint density at radius 1 is 1.44 bits per heavy atom. The Morgan fingerprint density at radius 3 is 2.62 bits per heavy atom. The van der Waals surface area contributed by atoms with Gasteiger partial charge in [-0.3, -0.25) is 4.79 Å². The fourth-order valence-electron chi connectivity index (χ4n) is 1.17. The third-order valence-corrected chi connectivity index (χ3v) is 2.10. The maximum atomic E-state index is 11.3. The first-order valence-electron chi connectivity index (χ1n) is 5.36. The molecule has 0 spiro atoms. The number of rotatable bonds is 4. The van der Waals surface area contributed by atoms with Gasteiger partial charge in [-0.05, 0) is 25.5 Å². The minimum Gasteiger partial charge on any atom is -0.351 e. The maximum Gasteiger partial charge on any atom is 0.244 e. The normalized spacial score (nSPS) is 12.7. The molecule has 1 atom stereocenters. The van der Waals surface area contributed by atoms with Gasteiger partial charge in [-0.2, -0.15) is 0 Å². The molecule has 1 aromatic rings. The number of benzene rings is 1.